The lowest BCUT2D eigenvalue weighted by atomic mass is 10.2. The molecule has 1 amide bonds. The number of benzene rings is 1. The first-order valence-electron chi connectivity index (χ1n) is 6.58. The quantitative estimate of drug-likeness (QED) is 0.432. The Labute approximate surface area is 124 Å². The highest BCUT2D eigenvalue weighted by atomic mass is 16.5. The molecule has 0 atom stereocenters. The van der Waals surface area contributed by atoms with Crippen LogP contribution in [0.1, 0.15) is 6.92 Å². The van der Waals surface area contributed by atoms with Crippen molar-refractivity contribution < 1.29 is 14.3 Å². The van der Waals surface area contributed by atoms with Crippen LogP contribution < -0.4 is 15.4 Å². The lowest BCUT2D eigenvalue weighted by Crippen LogP contribution is -2.28. The van der Waals surface area contributed by atoms with Crippen LogP contribution >= 0.6 is 0 Å². The first-order chi connectivity index (χ1) is 10.2. The van der Waals surface area contributed by atoms with Gasteiger partial charge in [0.05, 0.1) is 13.2 Å². The van der Waals surface area contributed by atoms with Crippen molar-refractivity contribution in [2.75, 3.05) is 32.2 Å². The minimum Gasteiger partial charge on any atom is -0.494 e. The molecule has 1 aromatic rings. The van der Waals surface area contributed by atoms with Crippen molar-refractivity contribution in [3.8, 4) is 11.8 Å². The highest BCUT2D eigenvalue weighted by Gasteiger charge is 2.07. The highest BCUT2D eigenvalue weighted by Crippen LogP contribution is 2.15. The number of nitriles is 1. The number of rotatable bonds is 8. The summed E-state index contributed by atoms with van der Waals surface area (Å²) in [7, 11) is 1.54. The fourth-order valence-corrected chi connectivity index (χ4v) is 1.48. The summed E-state index contributed by atoms with van der Waals surface area (Å²) in [6.45, 7) is 3.28. The molecule has 6 nitrogen and oxygen atoms in total. The van der Waals surface area contributed by atoms with Crippen LogP contribution in [0.4, 0.5) is 5.69 Å². The van der Waals surface area contributed by atoms with Crippen LogP contribution in [0.25, 0.3) is 0 Å². The Balaban J connectivity index is 2.59. The molecule has 0 saturated heterocycles. The number of anilines is 1. The van der Waals surface area contributed by atoms with Crippen LogP contribution in [-0.2, 0) is 9.53 Å². The van der Waals surface area contributed by atoms with E-state index in [0.29, 0.717) is 19.8 Å². The number of nitrogens with one attached hydrogen (secondary N) is 2. The van der Waals surface area contributed by atoms with E-state index in [-0.39, 0.29) is 5.57 Å². The summed E-state index contributed by atoms with van der Waals surface area (Å²) in [5.41, 5.74) is 0.760. The molecule has 0 radical (unpaired) electrons. The Morgan fingerprint density at radius 2 is 2.10 bits per heavy atom. The van der Waals surface area contributed by atoms with E-state index >= 15 is 0 Å². The van der Waals surface area contributed by atoms with Gasteiger partial charge < -0.3 is 20.1 Å². The number of amides is 1. The van der Waals surface area contributed by atoms with Crippen molar-refractivity contribution in [1.29, 1.82) is 5.26 Å². The van der Waals surface area contributed by atoms with Crippen LogP contribution in [0.3, 0.4) is 0 Å². The fourth-order valence-electron chi connectivity index (χ4n) is 1.48. The molecule has 0 aliphatic carbocycles. The van der Waals surface area contributed by atoms with E-state index in [0.717, 1.165) is 11.4 Å². The normalized spacial score (nSPS) is 10.6. The molecule has 21 heavy (non-hydrogen) atoms. The third kappa shape index (κ3) is 5.97. The second-order valence-electron chi connectivity index (χ2n) is 4.02. The second-order valence-corrected chi connectivity index (χ2v) is 4.02. The molecule has 2 N–H and O–H groups in total. The van der Waals surface area contributed by atoms with Gasteiger partial charge in [-0.3, -0.25) is 4.79 Å². The van der Waals surface area contributed by atoms with Crippen molar-refractivity contribution in [3.63, 3.8) is 0 Å². The molecule has 0 fully saturated rings. The number of carbonyl (C=O) groups is 1. The van der Waals surface area contributed by atoms with E-state index in [9.17, 15) is 4.79 Å². The molecule has 1 aromatic carbocycles. The predicted octanol–water partition coefficient (Wildman–Crippen LogP) is 1.67. The van der Waals surface area contributed by atoms with Gasteiger partial charge >= 0.3 is 0 Å². The first-order valence-corrected chi connectivity index (χ1v) is 6.58. The fraction of sp³-hybridized carbons (Fsp3) is 0.333. The van der Waals surface area contributed by atoms with Crippen molar-refractivity contribution in [2.24, 2.45) is 0 Å². The van der Waals surface area contributed by atoms with Crippen molar-refractivity contribution in [3.05, 3.63) is 36.0 Å². The molecule has 0 spiro atoms. The Morgan fingerprint density at radius 3 is 2.67 bits per heavy atom. The standard InChI is InChI=1S/C15H19N3O3/c1-3-21-14-6-4-13(5-7-14)18-11-12(10-16)15(19)17-8-9-20-2/h4-7,11,18H,3,8-9H2,1-2H3,(H,17,19)/b12-11-. The van der Waals surface area contributed by atoms with Gasteiger partial charge in [-0.15, -0.1) is 0 Å². The summed E-state index contributed by atoms with van der Waals surface area (Å²) < 4.78 is 10.2. The minimum absolute atomic E-state index is 0.0000113. The van der Waals surface area contributed by atoms with Crippen LogP contribution in [0.15, 0.2) is 36.0 Å². The summed E-state index contributed by atoms with van der Waals surface area (Å²) in [5, 5.41) is 14.5. The van der Waals surface area contributed by atoms with Crippen molar-refractivity contribution in [1.82, 2.24) is 5.32 Å². The topological polar surface area (TPSA) is 83.4 Å². The molecule has 112 valence electrons. The summed E-state index contributed by atoms with van der Waals surface area (Å²) in [4.78, 5) is 11.7. The van der Waals surface area contributed by atoms with E-state index in [1.807, 2.05) is 25.1 Å². The maximum atomic E-state index is 11.7. The zero-order valence-electron chi connectivity index (χ0n) is 12.2. The van der Waals surface area contributed by atoms with E-state index < -0.39 is 5.91 Å². The third-order valence-electron chi connectivity index (χ3n) is 2.51. The Hall–Kier alpha value is -2.52. The smallest absolute Gasteiger partial charge is 0.263 e. The summed E-state index contributed by atoms with van der Waals surface area (Å²) in [6, 6.07) is 9.08. The number of hydrogen-bond acceptors (Lipinski definition) is 5. The molecule has 0 unspecified atom stereocenters. The molecule has 6 heteroatoms. The van der Waals surface area contributed by atoms with Gasteiger partial charge in [-0.05, 0) is 31.2 Å². The van der Waals surface area contributed by atoms with Crippen LogP contribution in [-0.4, -0.2) is 32.8 Å². The summed E-state index contributed by atoms with van der Waals surface area (Å²) in [6.07, 6.45) is 1.37. The lowest BCUT2D eigenvalue weighted by molar-refractivity contribution is -0.117. The zero-order valence-corrected chi connectivity index (χ0v) is 12.2. The van der Waals surface area contributed by atoms with E-state index in [4.69, 9.17) is 14.7 Å². The number of carbonyl (C=O) groups excluding carboxylic acids is 1. The Bertz CT molecular complexity index is 518. The van der Waals surface area contributed by atoms with Gasteiger partial charge in [-0.1, -0.05) is 0 Å². The molecule has 0 bridgehead atoms. The van der Waals surface area contributed by atoms with E-state index in [1.54, 1.807) is 19.2 Å². The molecular formula is C15H19N3O3. The summed E-state index contributed by atoms with van der Waals surface area (Å²) >= 11 is 0. The van der Waals surface area contributed by atoms with Gasteiger partial charge in [0, 0.05) is 25.5 Å². The lowest BCUT2D eigenvalue weighted by Gasteiger charge is -2.06. The number of hydrogen-bond donors (Lipinski definition) is 2. The van der Waals surface area contributed by atoms with E-state index in [1.165, 1.54) is 6.20 Å². The van der Waals surface area contributed by atoms with Crippen LogP contribution in [0.5, 0.6) is 5.75 Å². The molecule has 0 aliphatic rings. The zero-order chi connectivity index (χ0) is 15.5. The number of ether oxygens (including phenoxy) is 2. The Morgan fingerprint density at radius 1 is 1.38 bits per heavy atom. The largest absolute Gasteiger partial charge is 0.494 e. The van der Waals surface area contributed by atoms with Gasteiger partial charge in [0.2, 0.25) is 0 Å². The number of nitrogens with zero attached hydrogens (tertiary/aromatic N) is 1. The molecule has 0 heterocycles. The Kier molecular flexibility index (Phi) is 7.40. The molecule has 1 rings (SSSR count). The van der Waals surface area contributed by atoms with Crippen molar-refractivity contribution >= 4 is 11.6 Å². The molecule has 0 aliphatic heterocycles. The monoisotopic (exact) mass is 289 g/mol. The van der Waals surface area contributed by atoms with Gasteiger partial charge in [0.15, 0.2) is 0 Å². The van der Waals surface area contributed by atoms with Crippen LogP contribution in [0, 0.1) is 11.3 Å². The van der Waals surface area contributed by atoms with E-state index in [2.05, 4.69) is 10.6 Å². The SMILES string of the molecule is CCOc1ccc(N/C=C(/C#N)C(=O)NCCOC)cc1. The predicted molar refractivity (Wildman–Crippen MR) is 79.8 cm³/mol. The molecule has 0 saturated carbocycles. The second kappa shape index (κ2) is 9.39. The van der Waals surface area contributed by atoms with Gasteiger partial charge in [-0.2, -0.15) is 5.26 Å². The maximum absolute atomic E-state index is 11.7. The third-order valence-corrected chi connectivity index (χ3v) is 2.51. The first kappa shape index (κ1) is 16.5. The minimum atomic E-state index is -0.437. The summed E-state index contributed by atoms with van der Waals surface area (Å²) in [5.74, 6) is 0.331. The maximum Gasteiger partial charge on any atom is 0.263 e. The van der Waals surface area contributed by atoms with Crippen LogP contribution in [0.2, 0.25) is 0 Å². The van der Waals surface area contributed by atoms with Crippen molar-refractivity contribution in [2.45, 2.75) is 6.92 Å². The molecular weight excluding hydrogens is 270 g/mol. The van der Waals surface area contributed by atoms with Gasteiger partial charge in [0.25, 0.3) is 5.91 Å². The number of methoxy groups -OCH3 is 1. The highest BCUT2D eigenvalue weighted by molar-refractivity contribution is 5.97. The van der Waals surface area contributed by atoms with Gasteiger partial charge in [-0.25, -0.2) is 0 Å². The average Bonchev–Trinajstić information content (AvgIpc) is 2.50. The molecule has 0 aromatic heterocycles. The average molecular weight is 289 g/mol. The van der Waals surface area contributed by atoms with Gasteiger partial charge in [0.1, 0.15) is 17.4 Å².